The van der Waals surface area contributed by atoms with Crippen LogP contribution in [0.25, 0.3) is 0 Å². The van der Waals surface area contributed by atoms with Crippen LogP contribution in [0.5, 0.6) is 0 Å². The van der Waals surface area contributed by atoms with E-state index in [-0.39, 0.29) is 6.10 Å². The largest absolute Gasteiger partial charge is 0.393 e. The standard InChI is InChI=1S/C7H12O/c1-3-4-5-6-7(2)8/h1,7-8H,4-6H2,2H3/t7-/m1/s1. The molecule has 0 heterocycles. The quantitative estimate of drug-likeness (QED) is 0.429. The summed E-state index contributed by atoms with van der Waals surface area (Å²) in [5.41, 5.74) is 0. The molecule has 0 aliphatic carbocycles. The maximum absolute atomic E-state index is 8.71. The maximum Gasteiger partial charge on any atom is 0.0512 e. The molecule has 0 aromatic heterocycles. The number of terminal acetylenes is 1. The van der Waals surface area contributed by atoms with E-state index in [0.717, 1.165) is 19.3 Å². The maximum atomic E-state index is 8.71. The third-order valence-electron chi connectivity index (χ3n) is 0.943. The monoisotopic (exact) mass is 112 g/mol. The molecule has 46 valence electrons. The van der Waals surface area contributed by atoms with Gasteiger partial charge in [-0.05, 0) is 19.8 Å². The van der Waals surface area contributed by atoms with Gasteiger partial charge >= 0.3 is 0 Å². The van der Waals surface area contributed by atoms with Crippen molar-refractivity contribution >= 4 is 0 Å². The molecule has 0 spiro atoms. The molecule has 0 saturated carbocycles. The predicted molar refractivity (Wildman–Crippen MR) is 34.4 cm³/mol. The third-order valence-corrected chi connectivity index (χ3v) is 0.943. The van der Waals surface area contributed by atoms with E-state index >= 15 is 0 Å². The highest BCUT2D eigenvalue weighted by Crippen LogP contribution is 1.97. The van der Waals surface area contributed by atoms with E-state index in [1.165, 1.54) is 0 Å². The van der Waals surface area contributed by atoms with Crippen molar-refractivity contribution < 1.29 is 5.11 Å². The van der Waals surface area contributed by atoms with E-state index in [1.54, 1.807) is 6.92 Å². The summed E-state index contributed by atoms with van der Waals surface area (Å²) in [6.45, 7) is 1.77. The zero-order valence-electron chi connectivity index (χ0n) is 5.22. The highest BCUT2D eigenvalue weighted by Gasteiger charge is 1.91. The smallest absolute Gasteiger partial charge is 0.0512 e. The Bertz CT molecular complexity index is 78.9. The summed E-state index contributed by atoms with van der Waals surface area (Å²) < 4.78 is 0. The minimum Gasteiger partial charge on any atom is -0.393 e. The van der Waals surface area contributed by atoms with Crippen molar-refractivity contribution in [3.8, 4) is 12.3 Å². The second-order valence-corrected chi connectivity index (χ2v) is 1.95. The Kier molecular flexibility index (Phi) is 4.39. The van der Waals surface area contributed by atoms with Crippen LogP contribution in [-0.2, 0) is 0 Å². The first-order chi connectivity index (χ1) is 3.77. The Balaban J connectivity index is 2.85. The average Bonchev–Trinajstić information content (AvgIpc) is 1.66. The van der Waals surface area contributed by atoms with Gasteiger partial charge in [-0.3, -0.25) is 0 Å². The second kappa shape index (κ2) is 4.67. The van der Waals surface area contributed by atoms with Crippen LogP contribution in [0.3, 0.4) is 0 Å². The molecule has 8 heavy (non-hydrogen) atoms. The molecule has 0 unspecified atom stereocenters. The highest BCUT2D eigenvalue weighted by molar-refractivity contribution is 4.82. The molecule has 0 saturated heterocycles. The van der Waals surface area contributed by atoms with Gasteiger partial charge in [0.1, 0.15) is 0 Å². The van der Waals surface area contributed by atoms with Gasteiger partial charge < -0.3 is 5.11 Å². The van der Waals surface area contributed by atoms with Crippen molar-refractivity contribution in [3.05, 3.63) is 0 Å². The first-order valence-corrected chi connectivity index (χ1v) is 2.89. The molecular formula is C7H12O. The first kappa shape index (κ1) is 7.52. The van der Waals surface area contributed by atoms with Crippen molar-refractivity contribution in [2.45, 2.75) is 32.3 Å². The number of aliphatic hydroxyl groups is 1. The summed E-state index contributed by atoms with van der Waals surface area (Å²) in [5.74, 6) is 2.51. The lowest BCUT2D eigenvalue weighted by Crippen LogP contribution is -1.97. The van der Waals surface area contributed by atoms with Crippen LogP contribution in [0.1, 0.15) is 26.2 Å². The van der Waals surface area contributed by atoms with E-state index in [4.69, 9.17) is 11.5 Å². The Morgan fingerprint density at radius 3 is 2.75 bits per heavy atom. The summed E-state index contributed by atoms with van der Waals surface area (Å²) in [4.78, 5) is 0. The molecule has 0 aromatic carbocycles. The minimum absolute atomic E-state index is 0.191. The number of rotatable bonds is 3. The van der Waals surface area contributed by atoms with Crippen LogP contribution in [-0.4, -0.2) is 11.2 Å². The first-order valence-electron chi connectivity index (χ1n) is 2.89. The Morgan fingerprint density at radius 2 is 2.38 bits per heavy atom. The van der Waals surface area contributed by atoms with Crippen LogP contribution in [0.4, 0.5) is 0 Å². The fraction of sp³-hybridized carbons (Fsp3) is 0.714. The molecule has 0 aromatic rings. The molecule has 1 heteroatoms. The van der Waals surface area contributed by atoms with Gasteiger partial charge in [-0.25, -0.2) is 0 Å². The van der Waals surface area contributed by atoms with Gasteiger partial charge in [0.25, 0.3) is 0 Å². The van der Waals surface area contributed by atoms with Crippen molar-refractivity contribution in [1.82, 2.24) is 0 Å². The third kappa shape index (κ3) is 5.52. The zero-order valence-corrected chi connectivity index (χ0v) is 5.22. The molecular weight excluding hydrogens is 100 g/mol. The van der Waals surface area contributed by atoms with Crippen molar-refractivity contribution in [2.75, 3.05) is 0 Å². The normalized spacial score (nSPS) is 12.6. The van der Waals surface area contributed by atoms with Crippen LogP contribution in [0.15, 0.2) is 0 Å². The fourth-order valence-electron chi connectivity index (χ4n) is 0.500. The summed E-state index contributed by atoms with van der Waals surface area (Å²) in [6.07, 6.45) is 7.34. The van der Waals surface area contributed by atoms with Crippen LogP contribution < -0.4 is 0 Å². The zero-order chi connectivity index (χ0) is 6.41. The highest BCUT2D eigenvalue weighted by atomic mass is 16.3. The average molecular weight is 112 g/mol. The minimum atomic E-state index is -0.191. The Labute approximate surface area is 50.7 Å². The lowest BCUT2D eigenvalue weighted by Gasteiger charge is -1.98. The van der Waals surface area contributed by atoms with Crippen LogP contribution >= 0.6 is 0 Å². The van der Waals surface area contributed by atoms with Gasteiger partial charge in [0, 0.05) is 6.42 Å². The molecule has 1 atom stereocenters. The van der Waals surface area contributed by atoms with Crippen LogP contribution in [0.2, 0.25) is 0 Å². The van der Waals surface area contributed by atoms with Gasteiger partial charge in [0.15, 0.2) is 0 Å². The molecule has 0 amide bonds. The lowest BCUT2D eigenvalue weighted by atomic mass is 10.2. The van der Waals surface area contributed by atoms with E-state index in [9.17, 15) is 0 Å². The van der Waals surface area contributed by atoms with E-state index in [1.807, 2.05) is 0 Å². The Morgan fingerprint density at radius 1 is 1.75 bits per heavy atom. The number of aliphatic hydroxyl groups excluding tert-OH is 1. The summed E-state index contributed by atoms with van der Waals surface area (Å²) >= 11 is 0. The van der Waals surface area contributed by atoms with Gasteiger partial charge in [-0.1, -0.05) is 0 Å². The topological polar surface area (TPSA) is 20.2 Å². The summed E-state index contributed by atoms with van der Waals surface area (Å²) in [5, 5.41) is 8.71. The van der Waals surface area contributed by atoms with Crippen molar-refractivity contribution in [2.24, 2.45) is 0 Å². The van der Waals surface area contributed by atoms with E-state index in [2.05, 4.69) is 5.92 Å². The van der Waals surface area contributed by atoms with Gasteiger partial charge in [-0.2, -0.15) is 0 Å². The molecule has 0 rings (SSSR count). The predicted octanol–water partition coefficient (Wildman–Crippen LogP) is 1.17. The fourth-order valence-corrected chi connectivity index (χ4v) is 0.500. The lowest BCUT2D eigenvalue weighted by molar-refractivity contribution is 0.182. The van der Waals surface area contributed by atoms with Crippen molar-refractivity contribution in [3.63, 3.8) is 0 Å². The second-order valence-electron chi connectivity index (χ2n) is 1.95. The molecule has 1 nitrogen and oxygen atoms in total. The molecule has 0 aliphatic rings. The SMILES string of the molecule is C#CCCC[C@@H](C)O. The molecule has 0 aliphatic heterocycles. The Hall–Kier alpha value is -0.480. The van der Waals surface area contributed by atoms with Gasteiger partial charge in [0.2, 0.25) is 0 Å². The van der Waals surface area contributed by atoms with Crippen molar-refractivity contribution in [1.29, 1.82) is 0 Å². The molecule has 0 radical (unpaired) electrons. The summed E-state index contributed by atoms with van der Waals surface area (Å²) in [7, 11) is 0. The molecule has 0 fully saturated rings. The van der Waals surface area contributed by atoms with E-state index in [0.29, 0.717) is 0 Å². The molecule has 1 N–H and O–H groups in total. The van der Waals surface area contributed by atoms with Crippen LogP contribution in [0, 0.1) is 12.3 Å². The van der Waals surface area contributed by atoms with Gasteiger partial charge in [-0.15, -0.1) is 12.3 Å². The number of hydrogen-bond acceptors (Lipinski definition) is 1. The number of unbranched alkanes of at least 4 members (excludes halogenated alkanes) is 1. The number of hydrogen-bond donors (Lipinski definition) is 1. The van der Waals surface area contributed by atoms with Gasteiger partial charge in [0.05, 0.1) is 6.10 Å². The summed E-state index contributed by atoms with van der Waals surface area (Å²) in [6, 6.07) is 0. The van der Waals surface area contributed by atoms with E-state index < -0.39 is 0 Å². The molecule has 0 bridgehead atoms.